The average molecular weight is 335 g/mol. The fourth-order valence-electron chi connectivity index (χ4n) is 4.14. The summed E-state index contributed by atoms with van der Waals surface area (Å²) in [6.45, 7) is 4.63. The van der Waals surface area contributed by atoms with E-state index in [1.54, 1.807) is 0 Å². The zero-order valence-corrected chi connectivity index (χ0v) is 14.8. The number of carbonyl (C=O) groups excluding carboxylic acids is 1. The molecule has 0 unspecified atom stereocenters. The minimum absolute atomic E-state index is 0.397. The molecular formula is C21H25N3O. The van der Waals surface area contributed by atoms with Gasteiger partial charge in [-0.2, -0.15) is 0 Å². The van der Waals surface area contributed by atoms with Crippen LogP contribution in [0.1, 0.15) is 59.4 Å². The fourth-order valence-corrected chi connectivity index (χ4v) is 4.14. The average Bonchev–Trinajstić information content (AvgIpc) is 3.31. The molecule has 0 saturated carbocycles. The smallest absolute Gasteiger partial charge is 0.250 e. The number of nitrogens with zero attached hydrogens (tertiary/aromatic N) is 2. The van der Waals surface area contributed by atoms with Crippen LogP contribution in [0.2, 0.25) is 0 Å². The summed E-state index contributed by atoms with van der Waals surface area (Å²) < 4.78 is 0. The molecule has 1 fully saturated rings. The number of likely N-dealkylation sites (tertiary alicyclic amines) is 1. The predicted molar refractivity (Wildman–Crippen MR) is 99.4 cm³/mol. The molecule has 0 spiro atoms. The van der Waals surface area contributed by atoms with Gasteiger partial charge in [-0.3, -0.25) is 14.7 Å². The van der Waals surface area contributed by atoms with Crippen LogP contribution in [0.5, 0.6) is 0 Å². The highest BCUT2D eigenvalue weighted by Gasteiger charge is 2.21. The standard InChI is InChI=1S/C21H25N3O/c1-14(24-11-2-3-12-24)15-7-9-16(10-8-15)20-18(21(22)25)13-17-5-4-6-19(17)23-20/h7-10,13-14H,2-6,11-12H2,1H3,(H2,22,25)/t14-/m0/s1. The summed E-state index contributed by atoms with van der Waals surface area (Å²) in [5, 5.41) is 0. The Morgan fingerprint density at radius 2 is 1.84 bits per heavy atom. The second-order valence-corrected chi connectivity index (χ2v) is 7.25. The molecule has 4 heteroatoms. The van der Waals surface area contributed by atoms with Crippen LogP contribution in [0.3, 0.4) is 0 Å². The molecule has 2 heterocycles. The minimum Gasteiger partial charge on any atom is -0.366 e. The Balaban J connectivity index is 1.67. The second-order valence-electron chi connectivity index (χ2n) is 7.25. The molecule has 1 aromatic heterocycles. The van der Waals surface area contributed by atoms with Crippen molar-refractivity contribution in [2.45, 2.75) is 45.1 Å². The molecule has 1 amide bonds. The number of benzene rings is 1. The Hall–Kier alpha value is -2.20. The Bertz CT molecular complexity index is 792. The molecule has 0 bridgehead atoms. The van der Waals surface area contributed by atoms with Gasteiger partial charge in [0.25, 0.3) is 5.91 Å². The molecule has 4 rings (SSSR count). The summed E-state index contributed by atoms with van der Waals surface area (Å²) in [7, 11) is 0. The number of aryl methyl sites for hydroxylation is 2. The van der Waals surface area contributed by atoms with Gasteiger partial charge in [-0.25, -0.2) is 0 Å². The summed E-state index contributed by atoms with van der Waals surface area (Å²) in [5.41, 5.74) is 11.5. The molecule has 25 heavy (non-hydrogen) atoms. The van der Waals surface area contributed by atoms with E-state index >= 15 is 0 Å². The van der Waals surface area contributed by atoms with Crippen molar-refractivity contribution in [2.75, 3.05) is 13.1 Å². The van der Waals surface area contributed by atoms with Gasteiger partial charge in [0.05, 0.1) is 11.3 Å². The van der Waals surface area contributed by atoms with Crippen molar-refractivity contribution in [3.05, 3.63) is 52.7 Å². The predicted octanol–water partition coefficient (Wildman–Crippen LogP) is 3.49. The van der Waals surface area contributed by atoms with E-state index in [1.807, 2.05) is 6.07 Å². The molecule has 2 aliphatic rings. The van der Waals surface area contributed by atoms with Gasteiger partial charge in [-0.1, -0.05) is 24.3 Å². The highest BCUT2D eigenvalue weighted by molar-refractivity contribution is 5.99. The number of fused-ring (bicyclic) bond motifs is 1. The number of rotatable bonds is 4. The Kier molecular flexibility index (Phi) is 4.30. The van der Waals surface area contributed by atoms with Crippen molar-refractivity contribution < 1.29 is 4.79 Å². The number of primary amides is 1. The van der Waals surface area contributed by atoms with Crippen LogP contribution in [-0.4, -0.2) is 28.9 Å². The van der Waals surface area contributed by atoms with E-state index in [0.717, 1.165) is 36.2 Å². The summed E-state index contributed by atoms with van der Waals surface area (Å²) in [4.78, 5) is 19.2. The quantitative estimate of drug-likeness (QED) is 0.930. The lowest BCUT2D eigenvalue weighted by atomic mass is 9.99. The zero-order valence-electron chi connectivity index (χ0n) is 14.8. The summed E-state index contributed by atoms with van der Waals surface area (Å²) in [6.07, 6.45) is 5.68. The number of pyridine rings is 1. The lowest BCUT2D eigenvalue weighted by Gasteiger charge is -2.24. The van der Waals surface area contributed by atoms with Crippen LogP contribution in [0, 0.1) is 0 Å². The summed E-state index contributed by atoms with van der Waals surface area (Å²) in [5.74, 6) is -0.397. The van der Waals surface area contributed by atoms with E-state index in [9.17, 15) is 4.79 Å². The van der Waals surface area contributed by atoms with Gasteiger partial charge >= 0.3 is 0 Å². The van der Waals surface area contributed by atoms with Crippen molar-refractivity contribution in [3.8, 4) is 11.3 Å². The normalized spacial score (nSPS) is 18.3. The number of nitrogens with two attached hydrogens (primary N) is 1. The molecule has 1 aliphatic carbocycles. The van der Waals surface area contributed by atoms with Crippen LogP contribution >= 0.6 is 0 Å². The Morgan fingerprint density at radius 3 is 2.52 bits per heavy atom. The van der Waals surface area contributed by atoms with E-state index in [0.29, 0.717) is 11.6 Å². The number of hydrogen-bond donors (Lipinski definition) is 1. The fraction of sp³-hybridized carbons (Fsp3) is 0.429. The van der Waals surface area contributed by atoms with Crippen molar-refractivity contribution in [1.82, 2.24) is 9.88 Å². The first-order valence-electron chi connectivity index (χ1n) is 9.30. The number of amides is 1. The Labute approximate surface area is 149 Å². The highest BCUT2D eigenvalue weighted by Crippen LogP contribution is 2.30. The van der Waals surface area contributed by atoms with Gasteiger partial charge in [0.15, 0.2) is 0 Å². The highest BCUT2D eigenvalue weighted by atomic mass is 16.1. The van der Waals surface area contributed by atoms with Crippen LogP contribution in [0.4, 0.5) is 0 Å². The third-order valence-electron chi connectivity index (χ3n) is 5.67. The first-order chi connectivity index (χ1) is 12.1. The maximum Gasteiger partial charge on any atom is 0.250 e. The zero-order chi connectivity index (χ0) is 17.4. The van der Waals surface area contributed by atoms with E-state index in [-0.39, 0.29) is 0 Å². The first-order valence-corrected chi connectivity index (χ1v) is 9.30. The molecule has 1 aliphatic heterocycles. The van der Waals surface area contributed by atoms with Gasteiger partial charge in [0.1, 0.15) is 0 Å². The van der Waals surface area contributed by atoms with Gasteiger partial charge in [-0.15, -0.1) is 0 Å². The van der Waals surface area contributed by atoms with Gasteiger partial charge in [0, 0.05) is 17.3 Å². The molecule has 0 radical (unpaired) electrons. The van der Waals surface area contributed by atoms with E-state index < -0.39 is 5.91 Å². The maximum atomic E-state index is 11.9. The molecule has 1 atom stereocenters. The molecule has 130 valence electrons. The van der Waals surface area contributed by atoms with Crippen LogP contribution < -0.4 is 5.73 Å². The molecular weight excluding hydrogens is 310 g/mol. The lowest BCUT2D eigenvalue weighted by molar-refractivity contribution is 0.100. The van der Waals surface area contributed by atoms with Crippen molar-refractivity contribution in [3.63, 3.8) is 0 Å². The molecule has 4 nitrogen and oxygen atoms in total. The molecule has 2 N–H and O–H groups in total. The third-order valence-corrected chi connectivity index (χ3v) is 5.67. The second kappa shape index (κ2) is 6.60. The van der Waals surface area contributed by atoms with Gasteiger partial charge in [-0.05, 0) is 69.3 Å². The van der Waals surface area contributed by atoms with Crippen LogP contribution in [-0.2, 0) is 12.8 Å². The lowest BCUT2D eigenvalue weighted by Crippen LogP contribution is -2.23. The van der Waals surface area contributed by atoms with Gasteiger partial charge in [0.2, 0.25) is 0 Å². The summed E-state index contributed by atoms with van der Waals surface area (Å²) in [6, 6.07) is 10.9. The van der Waals surface area contributed by atoms with E-state index in [4.69, 9.17) is 10.7 Å². The van der Waals surface area contributed by atoms with Crippen LogP contribution in [0.15, 0.2) is 30.3 Å². The number of carbonyl (C=O) groups is 1. The number of hydrogen-bond acceptors (Lipinski definition) is 3. The minimum atomic E-state index is -0.397. The SMILES string of the molecule is C[C@@H](c1ccc(-c2nc3c(cc2C(N)=O)CCC3)cc1)N1CCCC1. The van der Waals surface area contributed by atoms with Crippen molar-refractivity contribution >= 4 is 5.91 Å². The number of aromatic nitrogens is 1. The Morgan fingerprint density at radius 1 is 1.12 bits per heavy atom. The maximum absolute atomic E-state index is 11.9. The summed E-state index contributed by atoms with van der Waals surface area (Å²) >= 11 is 0. The topological polar surface area (TPSA) is 59.2 Å². The largest absolute Gasteiger partial charge is 0.366 e. The molecule has 2 aromatic rings. The monoisotopic (exact) mass is 335 g/mol. The van der Waals surface area contributed by atoms with Gasteiger partial charge < -0.3 is 5.73 Å². The van der Waals surface area contributed by atoms with Crippen molar-refractivity contribution in [2.24, 2.45) is 5.73 Å². The van der Waals surface area contributed by atoms with Crippen molar-refractivity contribution in [1.29, 1.82) is 0 Å². The third kappa shape index (κ3) is 3.07. The van der Waals surface area contributed by atoms with Crippen LogP contribution in [0.25, 0.3) is 11.3 Å². The van der Waals surface area contributed by atoms with E-state index in [1.165, 1.54) is 37.1 Å². The molecule has 1 aromatic carbocycles. The first kappa shape index (κ1) is 16.3. The van der Waals surface area contributed by atoms with E-state index in [2.05, 4.69) is 36.1 Å². The molecule has 1 saturated heterocycles.